The standard InChI is InChI=1S/C26H29N3O5S2/c1-4-15-28(16-5-2)36(31,32)21-13-11-19(12-14-21)25(30)29(18-20-8-7-17-34-20)26-27-24-22(33-3)9-6-10-23(24)35-26/h6-14,17H,4-5,15-16,18H2,1-3H3. The lowest BCUT2D eigenvalue weighted by Gasteiger charge is -2.21. The first-order chi connectivity index (χ1) is 17.4. The summed E-state index contributed by atoms with van der Waals surface area (Å²) >= 11 is 1.37. The number of carbonyl (C=O) groups excluding carboxylic acids is 1. The second-order valence-electron chi connectivity index (χ2n) is 8.20. The summed E-state index contributed by atoms with van der Waals surface area (Å²) < 4.78 is 39.5. The van der Waals surface area contributed by atoms with Crippen molar-refractivity contribution in [2.75, 3.05) is 25.1 Å². The van der Waals surface area contributed by atoms with E-state index in [1.54, 1.807) is 37.6 Å². The molecule has 2 aromatic carbocycles. The zero-order valence-corrected chi connectivity index (χ0v) is 22.1. The fourth-order valence-corrected chi connectivity index (χ4v) is 6.51. The number of nitrogens with zero attached hydrogens (tertiary/aromatic N) is 3. The molecule has 0 radical (unpaired) electrons. The molecule has 0 fully saturated rings. The Hall–Kier alpha value is -3.21. The number of anilines is 1. The Morgan fingerprint density at radius 2 is 1.75 bits per heavy atom. The van der Waals surface area contributed by atoms with E-state index in [2.05, 4.69) is 4.98 Å². The van der Waals surface area contributed by atoms with Crippen molar-refractivity contribution < 1.29 is 22.4 Å². The van der Waals surface area contributed by atoms with Gasteiger partial charge in [0.1, 0.15) is 17.0 Å². The number of sulfonamides is 1. The number of fused-ring (bicyclic) bond motifs is 1. The third-order valence-electron chi connectivity index (χ3n) is 5.65. The van der Waals surface area contributed by atoms with Crippen LogP contribution in [0.5, 0.6) is 5.75 Å². The second-order valence-corrected chi connectivity index (χ2v) is 11.1. The minimum absolute atomic E-state index is 0.170. The fourth-order valence-electron chi connectivity index (χ4n) is 3.90. The number of benzene rings is 2. The van der Waals surface area contributed by atoms with Gasteiger partial charge in [-0.2, -0.15) is 4.31 Å². The van der Waals surface area contributed by atoms with E-state index in [0.717, 1.165) is 17.5 Å². The van der Waals surface area contributed by atoms with Crippen molar-refractivity contribution in [3.05, 3.63) is 72.2 Å². The van der Waals surface area contributed by atoms with Crippen molar-refractivity contribution >= 4 is 42.6 Å². The zero-order valence-electron chi connectivity index (χ0n) is 20.5. The number of thiazole rings is 1. The van der Waals surface area contributed by atoms with Crippen LogP contribution in [-0.2, 0) is 16.6 Å². The van der Waals surface area contributed by atoms with Gasteiger partial charge in [-0.15, -0.1) is 0 Å². The van der Waals surface area contributed by atoms with Crippen molar-refractivity contribution in [2.24, 2.45) is 0 Å². The molecule has 0 saturated heterocycles. The van der Waals surface area contributed by atoms with Gasteiger partial charge in [0.25, 0.3) is 5.91 Å². The number of ether oxygens (including phenoxy) is 1. The van der Waals surface area contributed by atoms with Gasteiger partial charge in [0.15, 0.2) is 5.13 Å². The summed E-state index contributed by atoms with van der Waals surface area (Å²) in [5, 5.41) is 0.490. The summed E-state index contributed by atoms with van der Waals surface area (Å²) in [5.41, 5.74) is 1.02. The van der Waals surface area contributed by atoms with Gasteiger partial charge >= 0.3 is 0 Å². The molecule has 0 aliphatic rings. The van der Waals surface area contributed by atoms with Crippen molar-refractivity contribution in [1.82, 2.24) is 9.29 Å². The molecule has 0 unspecified atom stereocenters. The Bertz CT molecular complexity index is 1410. The number of hydrogen-bond donors (Lipinski definition) is 0. The Balaban J connectivity index is 1.68. The number of para-hydroxylation sites is 1. The number of hydrogen-bond acceptors (Lipinski definition) is 7. The average molecular weight is 528 g/mol. The molecule has 1 amide bonds. The van der Waals surface area contributed by atoms with Crippen LogP contribution in [0.25, 0.3) is 10.2 Å². The summed E-state index contributed by atoms with van der Waals surface area (Å²) in [5.74, 6) is 0.912. The molecule has 36 heavy (non-hydrogen) atoms. The van der Waals surface area contributed by atoms with Crippen LogP contribution >= 0.6 is 11.3 Å². The topological polar surface area (TPSA) is 93.0 Å². The molecule has 8 nitrogen and oxygen atoms in total. The lowest BCUT2D eigenvalue weighted by atomic mass is 10.2. The van der Waals surface area contributed by atoms with Gasteiger partial charge in [-0.05, 0) is 61.4 Å². The number of furan rings is 1. The molecule has 0 aliphatic carbocycles. The molecule has 0 saturated carbocycles. The van der Waals surface area contributed by atoms with Gasteiger partial charge in [0.05, 0.1) is 29.5 Å². The summed E-state index contributed by atoms with van der Waals surface area (Å²) in [6.45, 7) is 4.98. The highest BCUT2D eigenvalue weighted by atomic mass is 32.2. The largest absolute Gasteiger partial charge is 0.494 e. The molecular formula is C26H29N3O5S2. The quantitative estimate of drug-likeness (QED) is 0.254. The lowest BCUT2D eigenvalue weighted by Crippen LogP contribution is -2.33. The van der Waals surface area contributed by atoms with Crippen LogP contribution in [0.4, 0.5) is 5.13 Å². The molecule has 10 heteroatoms. The van der Waals surface area contributed by atoms with E-state index >= 15 is 0 Å². The number of amides is 1. The molecule has 0 bridgehead atoms. The smallest absolute Gasteiger partial charge is 0.260 e. The molecule has 0 aliphatic heterocycles. The van der Waals surface area contributed by atoms with Gasteiger partial charge in [-0.25, -0.2) is 13.4 Å². The highest BCUT2D eigenvalue weighted by Gasteiger charge is 2.26. The molecular weight excluding hydrogens is 498 g/mol. The van der Waals surface area contributed by atoms with E-state index in [1.807, 2.05) is 32.0 Å². The van der Waals surface area contributed by atoms with Crippen molar-refractivity contribution in [2.45, 2.75) is 38.1 Å². The van der Waals surface area contributed by atoms with E-state index in [0.29, 0.717) is 40.8 Å². The maximum Gasteiger partial charge on any atom is 0.260 e. The maximum absolute atomic E-state index is 13.7. The van der Waals surface area contributed by atoms with Crippen molar-refractivity contribution in [3.8, 4) is 5.75 Å². The summed E-state index contributed by atoms with van der Waals surface area (Å²) in [6.07, 6.45) is 3.01. The van der Waals surface area contributed by atoms with Crippen LogP contribution in [-0.4, -0.2) is 43.8 Å². The van der Waals surface area contributed by atoms with Crippen LogP contribution in [0.1, 0.15) is 42.8 Å². The fraction of sp³-hybridized carbons (Fsp3) is 0.308. The number of rotatable bonds is 11. The van der Waals surface area contributed by atoms with Gasteiger partial charge in [0.2, 0.25) is 10.0 Å². The van der Waals surface area contributed by atoms with E-state index in [1.165, 1.54) is 32.7 Å². The van der Waals surface area contributed by atoms with Crippen LogP contribution in [0, 0.1) is 0 Å². The second kappa shape index (κ2) is 11.2. The number of carbonyl (C=O) groups is 1. The van der Waals surface area contributed by atoms with Crippen molar-refractivity contribution in [1.29, 1.82) is 0 Å². The van der Waals surface area contributed by atoms with Crippen LogP contribution in [0.2, 0.25) is 0 Å². The summed E-state index contributed by atoms with van der Waals surface area (Å²) in [6, 6.07) is 15.3. The van der Waals surface area contributed by atoms with Gasteiger partial charge in [-0.1, -0.05) is 31.3 Å². The van der Waals surface area contributed by atoms with Gasteiger partial charge < -0.3 is 9.15 Å². The van der Waals surface area contributed by atoms with E-state index in [4.69, 9.17) is 9.15 Å². The highest BCUT2D eigenvalue weighted by molar-refractivity contribution is 7.89. The van der Waals surface area contributed by atoms with E-state index < -0.39 is 10.0 Å². The molecule has 4 aromatic rings. The Kier molecular flexibility index (Phi) is 8.07. The van der Waals surface area contributed by atoms with Crippen LogP contribution in [0.3, 0.4) is 0 Å². The average Bonchev–Trinajstić information content (AvgIpc) is 3.56. The molecule has 0 N–H and O–H groups in total. The van der Waals surface area contributed by atoms with Crippen LogP contribution in [0.15, 0.2) is 70.2 Å². The maximum atomic E-state index is 13.7. The minimum Gasteiger partial charge on any atom is -0.494 e. The van der Waals surface area contributed by atoms with Crippen LogP contribution < -0.4 is 9.64 Å². The summed E-state index contributed by atoms with van der Waals surface area (Å²) in [4.78, 5) is 20.1. The monoisotopic (exact) mass is 527 g/mol. The Morgan fingerprint density at radius 1 is 1.03 bits per heavy atom. The van der Waals surface area contributed by atoms with Crippen molar-refractivity contribution in [3.63, 3.8) is 0 Å². The molecule has 4 rings (SSSR count). The molecule has 0 atom stereocenters. The van der Waals surface area contributed by atoms with Gasteiger partial charge in [0, 0.05) is 18.7 Å². The Labute approximate surface area is 215 Å². The SMILES string of the molecule is CCCN(CCC)S(=O)(=O)c1ccc(C(=O)N(Cc2ccco2)c2nc3c(OC)cccc3s2)cc1. The first-order valence-corrected chi connectivity index (χ1v) is 14.0. The van der Waals surface area contributed by atoms with E-state index in [-0.39, 0.29) is 17.3 Å². The number of aromatic nitrogens is 1. The van der Waals surface area contributed by atoms with Gasteiger partial charge in [-0.3, -0.25) is 9.69 Å². The third-order valence-corrected chi connectivity index (χ3v) is 8.60. The predicted octanol–water partition coefficient (Wildman–Crippen LogP) is 5.56. The predicted molar refractivity (Wildman–Crippen MR) is 141 cm³/mol. The Morgan fingerprint density at radius 3 is 2.36 bits per heavy atom. The first kappa shape index (κ1) is 25.9. The summed E-state index contributed by atoms with van der Waals surface area (Å²) in [7, 11) is -2.06. The zero-order chi connectivity index (χ0) is 25.7. The molecule has 2 heterocycles. The molecule has 0 spiro atoms. The molecule has 190 valence electrons. The lowest BCUT2D eigenvalue weighted by molar-refractivity contribution is 0.0983. The first-order valence-electron chi connectivity index (χ1n) is 11.8. The third kappa shape index (κ3) is 5.30. The number of methoxy groups -OCH3 is 1. The molecule has 2 aromatic heterocycles. The highest BCUT2D eigenvalue weighted by Crippen LogP contribution is 2.35. The minimum atomic E-state index is -3.64. The van der Waals surface area contributed by atoms with E-state index in [9.17, 15) is 13.2 Å². The normalized spacial score (nSPS) is 11.8.